The van der Waals surface area contributed by atoms with Crippen LogP contribution >= 0.6 is 11.3 Å². The molecule has 3 rings (SSSR count). The summed E-state index contributed by atoms with van der Waals surface area (Å²) in [6, 6.07) is 17.2. The number of anilines is 1. The maximum absolute atomic E-state index is 3.18. The van der Waals surface area contributed by atoms with E-state index in [1.807, 2.05) is 7.05 Å². The van der Waals surface area contributed by atoms with Gasteiger partial charge in [-0.15, -0.1) is 11.3 Å². The summed E-state index contributed by atoms with van der Waals surface area (Å²) in [6.45, 7) is 0. The molecule has 0 aliphatic rings. The lowest BCUT2D eigenvalue weighted by Crippen LogP contribution is -1.87. The van der Waals surface area contributed by atoms with Crippen LogP contribution in [0.2, 0.25) is 0 Å². The summed E-state index contributed by atoms with van der Waals surface area (Å²) in [5.41, 5.74) is 3.73. The molecule has 0 aliphatic carbocycles. The molecule has 0 unspecified atom stereocenters. The lowest BCUT2D eigenvalue weighted by Gasteiger charge is -2.06. The van der Waals surface area contributed by atoms with Crippen molar-refractivity contribution in [2.75, 3.05) is 12.4 Å². The molecular weight excluding hydrogens is 226 g/mol. The standard InChI is InChI=1S/C15H13NS/c1-16-13-6-2-5-12(10-13)14-7-3-4-11-8-9-17-15(11)14/h2-10,16H,1H3. The largest absolute Gasteiger partial charge is 0.388 e. The minimum absolute atomic E-state index is 1.15. The van der Waals surface area contributed by atoms with Gasteiger partial charge in [0, 0.05) is 17.4 Å². The van der Waals surface area contributed by atoms with Gasteiger partial charge in [-0.25, -0.2) is 0 Å². The number of fused-ring (bicyclic) bond motifs is 1. The monoisotopic (exact) mass is 239 g/mol. The van der Waals surface area contributed by atoms with Crippen LogP contribution in [0, 0.1) is 0 Å². The van der Waals surface area contributed by atoms with E-state index in [4.69, 9.17) is 0 Å². The Morgan fingerprint density at radius 3 is 2.76 bits per heavy atom. The molecule has 0 fully saturated rings. The highest BCUT2D eigenvalue weighted by atomic mass is 32.1. The Labute approximate surface area is 105 Å². The quantitative estimate of drug-likeness (QED) is 0.688. The van der Waals surface area contributed by atoms with Crippen LogP contribution < -0.4 is 5.32 Å². The molecule has 1 nitrogen and oxygen atoms in total. The van der Waals surface area contributed by atoms with Crippen LogP contribution in [0.15, 0.2) is 53.9 Å². The molecule has 0 aliphatic heterocycles. The highest BCUT2D eigenvalue weighted by Crippen LogP contribution is 2.33. The minimum Gasteiger partial charge on any atom is -0.388 e. The second kappa shape index (κ2) is 4.22. The zero-order chi connectivity index (χ0) is 11.7. The topological polar surface area (TPSA) is 12.0 Å². The first-order chi connectivity index (χ1) is 8.38. The predicted molar refractivity (Wildman–Crippen MR) is 76.8 cm³/mol. The third-order valence-corrected chi connectivity index (χ3v) is 3.90. The summed E-state index contributed by atoms with van der Waals surface area (Å²) in [7, 11) is 1.95. The molecule has 17 heavy (non-hydrogen) atoms. The fraction of sp³-hybridized carbons (Fsp3) is 0.0667. The Bertz CT molecular complexity index is 655. The van der Waals surface area contributed by atoms with Crippen LogP contribution in [0.5, 0.6) is 0 Å². The van der Waals surface area contributed by atoms with E-state index in [0.29, 0.717) is 0 Å². The number of nitrogens with one attached hydrogen (secondary N) is 1. The Balaban J connectivity index is 2.23. The van der Waals surface area contributed by atoms with Gasteiger partial charge in [0.2, 0.25) is 0 Å². The summed E-state index contributed by atoms with van der Waals surface area (Å²) < 4.78 is 1.36. The van der Waals surface area contributed by atoms with Crippen molar-refractivity contribution in [2.45, 2.75) is 0 Å². The van der Waals surface area contributed by atoms with Crippen molar-refractivity contribution in [2.24, 2.45) is 0 Å². The van der Waals surface area contributed by atoms with Gasteiger partial charge in [-0.3, -0.25) is 0 Å². The van der Waals surface area contributed by atoms with Gasteiger partial charge in [0.25, 0.3) is 0 Å². The Hall–Kier alpha value is -1.80. The highest BCUT2D eigenvalue weighted by Gasteiger charge is 2.04. The van der Waals surface area contributed by atoms with Crippen molar-refractivity contribution in [3.63, 3.8) is 0 Å². The molecule has 1 aromatic heterocycles. The van der Waals surface area contributed by atoms with Gasteiger partial charge in [-0.2, -0.15) is 0 Å². The molecule has 0 atom stereocenters. The highest BCUT2D eigenvalue weighted by molar-refractivity contribution is 7.17. The third kappa shape index (κ3) is 1.81. The number of hydrogen-bond donors (Lipinski definition) is 1. The van der Waals surface area contributed by atoms with E-state index < -0.39 is 0 Å². The fourth-order valence-electron chi connectivity index (χ4n) is 2.06. The van der Waals surface area contributed by atoms with Crippen LogP contribution in [0.3, 0.4) is 0 Å². The zero-order valence-electron chi connectivity index (χ0n) is 9.60. The van der Waals surface area contributed by atoms with E-state index in [1.54, 1.807) is 11.3 Å². The predicted octanol–water partition coefficient (Wildman–Crippen LogP) is 4.61. The minimum atomic E-state index is 1.15. The number of thiophene rings is 1. The average molecular weight is 239 g/mol. The van der Waals surface area contributed by atoms with E-state index in [-0.39, 0.29) is 0 Å². The molecule has 84 valence electrons. The Kier molecular flexibility index (Phi) is 2.57. The molecule has 0 spiro atoms. The van der Waals surface area contributed by atoms with Crippen LogP contribution in [-0.2, 0) is 0 Å². The fourth-order valence-corrected chi connectivity index (χ4v) is 3.00. The van der Waals surface area contributed by atoms with Crippen molar-refractivity contribution >= 4 is 27.1 Å². The van der Waals surface area contributed by atoms with Gasteiger partial charge in [-0.1, -0.05) is 30.3 Å². The second-order valence-corrected chi connectivity index (χ2v) is 4.89. The smallest absolute Gasteiger partial charge is 0.0421 e. The van der Waals surface area contributed by atoms with Crippen molar-refractivity contribution < 1.29 is 0 Å². The average Bonchev–Trinajstić information content (AvgIpc) is 2.87. The van der Waals surface area contributed by atoms with Gasteiger partial charge in [0.1, 0.15) is 0 Å². The third-order valence-electron chi connectivity index (χ3n) is 2.94. The van der Waals surface area contributed by atoms with Gasteiger partial charge in [0.15, 0.2) is 0 Å². The lowest BCUT2D eigenvalue weighted by molar-refractivity contribution is 1.51. The molecule has 0 amide bonds. The molecule has 2 aromatic carbocycles. The van der Waals surface area contributed by atoms with E-state index in [2.05, 4.69) is 59.2 Å². The van der Waals surface area contributed by atoms with E-state index in [1.165, 1.54) is 21.2 Å². The Morgan fingerprint density at radius 2 is 1.88 bits per heavy atom. The van der Waals surface area contributed by atoms with Gasteiger partial charge < -0.3 is 5.32 Å². The number of hydrogen-bond acceptors (Lipinski definition) is 2. The summed E-state index contributed by atoms with van der Waals surface area (Å²) in [5.74, 6) is 0. The number of rotatable bonds is 2. The van der Waals surface area contributed by atoms with Crippen LogP contribution in [0.1, 0.15) is 0 Å². The van der Waals surface area contributed by atoms with Gasteiger partial charge >= 0.3 is 0 Å². The molecule has 2 heteroatoms. The van der Waals surface area contributed by atoms with Crippen LogP contribution in [-0.4, -0.2) is 7.05 Å². The first kappa shape index (κ1) is 10.4. The summed E-state index contributed by atoms with van der Waals surface area (Å²) >= 11 is 1.80. The molecule has 1 heterocycles. The van der Waals surface area contributed by atoms with E-state index >= 15 is 0 Å². The molecule has 1 N–H and O–H groups in total. The maximum Gasteiger partial charge on any atom is 0.0421 e. The summed E-state index contributed by atoms with van der Waals surface area (Å²) in [5, 5.41) is 6.65. The first-order valence-corrected chi connectivity index (χ1v) is 6.51. The molecule has 0 saturated heterocycles. The normalized spacial score (nSPS) is 10.6. The Morgan fingerprint density at radius 1 is 1.00 bits per heavy atom. The lowest BCUT2D eigenvalue weighted by atomic mass is 10.0. The van der Waals surface area contributed by atoms with Crippen molar-refractivity contribution in [1.82, 2.24) is 0 Å². The molecular formula is C15H13NS. The van der Waals surface area contributed by atoms with Gasteiger partial charge in [0.05, 0.1) is 0 Å². The zero-order valence-corrected chi connectivity index (χ0v) is 10.4. The van der Waals surface area contributed by atoms with Crippen LogP contribution in [0.4, 0.5) is 5.69 Å². The summed E-state index contributed by atoms with van der Waals surface area (Å²) in [6.07, 6.45) is 0. The summed E-state index contributed by atoms with van der Waals surface area (Å²) in [4.78, 5) is 0. The maximum atomic E-state index is 3.18. The van der Waals surface area contributed by atoms with Crippen molar-refractivity contribution in [3.8, 4) is 11.1 Å². The van der Waals surface area contributed by atoms with E-state index in [0.717, 1.165) is 5.69 Å². The van der Waals surface area contributed by atoms with Crippen molar-refractivity contribution in [3.05, 3.63) is 53.9 Å². The van der Waals surface area contributed by atoms with Crippen molar-refractivity contribution in [1.29, 1.82) is 0 Å². The molecule has 0 saturated carbocycles. The first-order valence-electron chi connectivity index (χ1n) is 5.63. The van der Waals surface area contributed by atoms with E-state index in [9.17, 15) is 0 Å². The molecule has 0 radical (unpaired) electrons. The van der Waals surface area contributed by atoms with Gasteiger partial charge in [-0.05, 0) is 40.1 Å². The second-order valence-electron chi connectivity index (χ2n) is 3.98. The van der Waals surface area contributed by atoms with Crippen LogP contribution in [0.25, 0.3) is 21.2 Å². The SMILES string of the molecule is CNc1cccc(-c2cccc3ccsc23)c1. The molecule has 3 aromatic rings. The number of benzene rings is 2. The molecule has 0 bridgehead atoms.